The first-order chi connectivity index (χ1) is 5.88. The molecule has 1 N–H and O–H groups in total. The first-order valence-corrected chi connectivity index (χ1v) is 4.50. The number of nitrogens with one attached hydrogen (secondary N) is 1. The van der Waals surface area contributed by atoms with Gasteiger partial charge in [0.05, 0.1) is 11.4 Å². The summed E-state index contributed by atoms with van der Waals surface area (Å²) in [5.74, 6) is 0. The normalized spacial score (nSPS) is 8.33. The number of hydrogen-bond donors (Lipinski definition) is 1. The Morgan fingerprint density at radius 1 is 1.42 bits per heavy atom. The average molecular weight is 166 g/mol. The Kier molecular flexibility index (Phi) is 6.07. The number of anilines is 1. The van der Waals surface area contributed by atoms with Gasteiger partial charge in [0.15, 0.2) is 0 Å². The van der Waals surface area contributed by atoms with Gasteiger partial charge in [0.25, 0.3) is 0 Å². The highest BCUT2D eigenvalue weighted by Gasteiger charge is 1.95. The molecule has 0 aliphatic carbocycles. The first kappa shape index (κ1) is 11.0. The predicted octanol–water partition coefficient (Wildman–Crippen LogP) is 2.71. The van der Waals surface area contributed by atoms with Crippen LogP contribution in [0.25, 0.3) is 0 Å². The predicted molar refractivity (Wildman–Crippen MR) is 54.5 cm³/mol. The second kappa shape index (κ2) is 6.65. The van der Waals surface area contributed by atoms with E-state index in [1.54, 1.807) is 0 Å². The van der Waals surface area contributed by atoms with Crippen molar-refractivity contribution in [3.05, 3.63) is 24.0 Å². The van der Waals surface area contributed by atoms with Crippen LogP contribution in [-0.4, -0.2) is 12.0 Å². The van der Waals surface area contributed by atoms with Crippen molar-refractivity contribution < 1.29 is 0 Å². The van der Waals surface area contributed by atoms with Gasteiger partial charge in [0, 0.05) is 13.2 Å². The molecule has 2 heteroatoms. The quantitative estimate of drug-likeness (QED) is 0.730. The SMILES string of the molecule is CC.CCc1ncccc1NC. The molecule has 0 fully saturated rings. The zero-order valence-electron chi connectivity index (χ0n) is 8.39. The molecule has 0 saturated carbocycles. The summed E-state index contributed by atoms with van der Waals surface area (Å²) >= 11 is 0. The fourth-order valence-electron chi connectivity index (χ4n) is 0.947. The van der Waals surface area contributed by atoms with Crippen LogP contribution < -0.4 is 5.32 Å². The molecule has 68 valence electrons. The summed E-state index contributed by atoms with van der Waals surface area (Å²) in [6.07, 6.45) is 2.80. The molecule has 0 aromatic carbocycles. The van der Waals surface area contributed by atoms with E-state index in [0.717, 1.165) is 17.8 Å². The van der Waals surface area contributed by atoms with Crippen LogP contribution in [0.3, 0.4) is 0 Å². The van der Waals surface area contributed by atoms with Crippen molar-refractivity contribution in [2.45, 2.75) is 27.2 Å². The van der Waals surface area contributed by atoms with E-state index in [1.165, 1.54) is 0 Å². The van der Waals surface area contributed by atoms with Crippen molar-refractivity contribution in [3.63, 3.8) is 0 Å². The van der Waals surface area contributed by atoms with Gasteiger partial charge in [0.1, 0.15) is 0 Å². The zero-order chi connectivity index (χ0) is 9.40. The largest absolute Gasteiger partial charge is 0.387 e. The van der Waals surface area contributed by atoms with Gasteiger partial charge in [-0.15, -0.1) is 0 Å². The van der Waals surface area contributed by atoms with Gasteiger partial charge in [0.2, 0.25) is 0 Å². The third-order valence-electron chi connectivity index (χ3n) is 1.49. The van der Waals surface area contributed by atoms with Gasteiger partial charge in [-0.05, 0) is 18.6 Å². The third-order valence-corrected chi connectivity index (χ3v) is 1.49. The molecule has 0 spiro atoms. The lowest BCUT2D eigenvalue weighted by molar-refractivity contribution is 1.04. The van der Waals surface area contributed by atoms with E-state index in [0.29, 0.717) is 0 Å². The van der Waals surface area contributed by atoms with Gasteiger partial charge < -0.3 is 5.32 Å². The number of rotatable bonds is 2. The van der Waals surface area contributed by atoms with Gasteiger partial charge in [-0.2, -0.15) is 0 Å². The maximum absolute atomic E-state index is 4.21. The average Bonchev–Trinajstić information content (AvgIpc) is 2.20. The Bertz CT molecular complexity index is 186. The minimum atomic E-state index is 0.983. The maximum Gasteiger partial charge on any atom is 0.0631 e. The zero-order valence-corrected chi connectivity index (χ0v) is 8.39. The summed E-state index contributed by atoms with van der Waals surface area (Å²) in [6.45, 7) is 6.10. The van der Waals surface area contributed by atoms with Crippen LogP contribution in [0.1, 0.15) is 26.5 Å². The fourth-order valence-corrected chi connectivity index (χ4v) is 0.947. The van der Waals surface area contributed by atoms with Crippen molar-refractivity contribution in [3.8, 4) is 0 Å². The van der Waals surface area contributed by atoms with Crippen LogP contribution in [0, 0.1) is 0 Å². The topological polar surface area (TPSA) is 24.9 Å². The summed E-state index contributed by atoms with van der Waals surface area (Å²) in [5, 5.41) is 3.08. The molecule has 1 heterocycles. The minimum Gasteiger partial charge on any atom is -0.387 e. The summed E-state index contributed by atoms with van der Waals surface area (Å²) in [7, 11) is 1.91. The van der Waals surface area contributed by atoms with Crippen LogP contribution in [0.2, 0.25) is 0 Å². The molecule has 12 heavy (non-hydrogen) atoms. The molecule has 0 radical (unpaired) electrons. The van der Waals surface area contributed by atoms with E-state index < -0.39 is 0 Å². The van der Waals surface area contributed by atoms with Crippen molar-refractivity contribution in [1.82, 2.24) is 4.98 Å². The van der Waals surface area contributed by atoms with E-state index in [1.807, 2.05) is 39.2 Å². The first-order valence-electron chi connectivity index (χ1n) is 4.50. The molecular formula is C10H18N2. The smallest absolute Gasteiger partial charge is 0.0631 e. The molecule has 0 amide bonds. The van der Waals surface area contributed by atoms with Crippen LogP contribution >= 0.6 is 0 Å². The van der Waals surface area contributed by atoms with Gasteiger partial charge in [-0.3, -0.25) is 4.98 Å². The molecule has 0 atom stereocenters. The lowest BCUT2D eigenvalue weighted by Gasteiger charge is -2.03. The molecule has 0 unspecified atom stereocenters. The van der Waals surface area contributed by atoms with Crippen molar-refractivity contribution in [2.75, 3.05) is 12.4 Å². The standard InChI is InChI=1S/C8H12N2.C2H6/c1-3-7-8(9-2)5-4-6-10-7;1-2/h4-6,9H,3H2,1-2H3;1-2H3. The number of pyridine rings is 1. The van der Waals surface area contributed by atoms with Gasteiger partial charge in [-0.25, -0.2) is 0 Å². The highest BCUT2D eigenvalue weighted by atomic mass is 14.9. The van der Waals surface area contributed by atoms with E-state index in [2.05, 4.69) is 17.2 Å². The molecular weight excluding hydrogens is 148 g/mol. The Hall–Kier alpha value is -1.05. The second-order valence-electron chi connectivity index (χ2n) is 2.10. The second-order valence-corrected chi connectivity index (χ2v) is 2.10. The third kappa shape index (κ3) is 2.91. The van der Waals surface area contributed by atoms with Crippen LogP contribution in [0.15, 0.2) is 18.3 Å². The maximum atomic E-state index is 4.21. The monoisotopic (exact) mass is 166 g/mol. The van der Waals surface area contributed by atoms with Crippen molar-refractivity contribution in [1.29, 1.82) is 0 Å². The Morgan fingerprint density at radius 3 is 2.50 bits per heavy atom. The Labute approximate surface area is 75.0 Å². The summed E-state index contributed by atoms with van der Waals surface area (Å²) in [5.41, 5.74) is 2.26. The summed E-state index contributed by atoms with van der Waals surface area (Å²) < 4.78 is 0. The minimum absolute atomic E-state index is 0.983. The molecule has 1 aromatic rings. The highest BCUT2D eigenvalue weighted by molar-refractivity contribution is 5.46. The molecule has 1 aromatic heterocycles. The van der Waals surface area contributed by atoms with E-state index in [4.69, 9.17) is 0 Å². The molecule has 1 rings (SSSR count). The number of aromatic nitrogens is 1. The van der Waals surface area contributed by atoms with Gasteiger partial charge >= 0.3 is 0 Å². The van der Waals surface area contributed by atoms with E-state index in [-0.39, 0.29) is 0 Å². The summed E-state index contributed by atoms with van der Waals surface area (Å²) in [4.78, 5) is 4.21. The Morgan fingerprint density at radius 2 is 2.08 bits per heavy atom. The lowest BCUT2D eigenvalue weighted by atomic mass is 10.2. The van der Waals surface area contributed by atoms with E-state index >= 15 is 0 Å². The van der Waals surface area contributed by atoms with Crippen molar-refractivity contribution in [2.24, 2.45) is 0 Å². The molecule has 0 saturated heterocycles. The molecule has 0 bridgehead atoms. The van der Waals surface area contributed by atoms with Gasteiger partial charge in [-0.1, -0.05) is 20.8 Å². The number of nitrogens with zero attached hydrogens (tertiary/aromatic N) is 1. The van der Waals surface area contributed by atoms with Crippen molar-refractivity contribution >= 4 is 5.69 Å². The van der Waals surface area contributed by atoms with Crippen LogP contribution in [0.4, 0.5) is 5.69 Å². The Balaban J connectivity index is 0.000000561. The molecule has 2 nitrogen and oxygen atoms in total. The number of aryl methyl sites for hydroxylation is 1. The van der Waals surface area contributed by atoms with Crippen LogP contribution in [-0.2, 0) is 6.42 Å². The number of hydrogen-bond acceptors (Lipinski definition) is 2. The highest BCUT2D eigenvalue weighted by Crippen LogP contribution is 2.10. The molecule has 0 aliphatic heterocycles. The van der Waals surface area contributed by atoms with E-state index in [9.17, 15) is 0 Å². The van der Waals surface area contributed by atoms with Crippen LogP contribution in [0.5, 0.6) is 0 Å². The fraction of sp³-hybridized carbons (Fsp3) is 0.500. The summed E-state index contributed by atoms with van der Waals surface area (Å²) in [6, 6.07) is 3.97. The molecule has 0 aliphatic rings. The lowest BCUT2D eigenvalue weighted by Crippen LogP contribution is -1.95.